The van der Waals surface area contributed by atoms with Crippen LogP contribution < -0.4 is 0 Å². The first-order valence-corrected chi connectivity index (χ1v) is 4.64. The molecule has 0 bridgehead atoms. The van der Waals surface area contributed by atoms with Crippen molar-refractivity contribution in [3.05, 3.63) is 35.9 Å². The van der Waals surface area contributed by atoms with Crippen molar-refractivity contribution in [1.29, 1.82) is 0 Å². The van der Waals surface area contributed by atoms with Gasteiger partial charge in [-0.3, -0.25) is 4.79 Å². The minimum atomic E-state index is -1.60. The molecule has 1 heterocycles. The molecule has 4 nitrogen and oxygen atoms in total. The Labute approximate surface area is 86.5 Å². The second kappa shape index (κ2) is 3.82. The fraction of sp³-hybridized carbons (Fsp3) is 0.273. The molecule has 2 atom stereocenters. The molecule has 0 radical (unpaired) electrons. The smallest absolute Gasteiger partial charge is 0.343 e. The maximum Gasteiger partial charge on any atom is 0.343 e. The maximum atomic E-state index is 11.3. The molecule has 0 spiro atoms. The van der Waals surface area contributed by atoms with Gasteiger partial charge < -0.3 is 9.84 Å². The van der Waals surface area contributed by atoms with Crippen molar-refractivity contribution in [2.24, 2.45) is 0 Å². The van der Waals surface area contributed by atoms with Gasteiger partial charge in [-0.15, -0.1) is 0 Å². The predicted molar refractivity (Wildman–Crippen MR) is 51.0 cm³/mol. The molecule has 1 saturated heterocycles. The molecule has 1 aromatic carbocycles. The van der Waals surface area contributed by atoms with Gasteiger partial charge in [-0.05, 0) is 5.56 Å². The Balaban J connectivity index is 2.09. The summed E-state index contributed by atoms with van der Waals surface area (Å²) in [6, 6.07) is 9.22. The molecule has 0 saturated carbocycles. The van der Waals surface area contributed by atoms with Crippen molar-refractivity contribution < 1.29 is 19.4 Å². The highest BCUT2D eigenvalue weighted by Crippen LogP contribution is 2.15. The van der Waals surface area contributed by atoms with E-state index in [1.807, 2.05) is 30.3 Å². The first-order valence-electron chi connectivity index (χ1n) is 4.64. The third-order valence-corrected chi connectivity index (χ3v) is 2.33. The van der Waals surface area contributed by atoms with Gasteiger partial charge in [0.15, 0.2) is 6.10 Å². The molecule has 1 fully saturated rings. The van der Waals surface area contributed by atoms with E-state index in [2.05, 4.69) is 0 Å². The van der Waals surface area contributed by atoms with Crippen molar-refractivity contribution in [2.45, 2.75) is 18.6 Å². The normalized spacial score (nSPS) is 25.4. The number of aliphatic hydroxyl groups excluding tert-OH is 1. The van der Waals surface area contributed by atoms with E-state index in [4.69, 9.17) is 9.84 Å². The van der Waals surface area contributed by atoms with Gasteiger partial charge in [0, 0.05) is 6.42 Å². The van der Waals surface area contributed by atoms with Gasteiger partial charge in [0.05, 0.1) is 0 Å². The molecule has 1 unspecified atom stereocenters. The standard InChI is InChI=1S/C11H10O4/c12-9-8(15-11(14)10(9)13)6-7-4-2-1-3-5-7/h1-5,8,10,13H,6H2/t8-,10?/m1/s1. The summed E-state index contributed by atoms with van der Waals surface area (Å²) in [4.78, 5) is 22.2. The van der Waals surface area contributed by atoms with E-state index < -0.39 is 24.0 Å². The molecule has 1 aliphatic heterocycles. The van der Waals surface area contributed by atoms with Crippen molar-refractivity contribution in [2.75, 3.05) is 0 Å². The van der Waals surface area contributed by atoms with E-state index in [9.17, 15) is 9.59 Å². The summed E-state index contributed by atoms with van der Waals surface area (Å²) in [6.45, 7) is 0. The largest absolute Gasteiger partial charge is 0.452 e. The number of Topliss-reactive ketones (excluding diaryl/α,β-unsaturated/α-hetero) is 1. The lowest BCUT2D eigenvalue weighted by molar-refractivity contribution is -0.147. The third kappa shape index (κ3) is 1.89. The Morgan fingerprint density at radius 1 is 1.20 bits per heavy atom. The molecule has 4 heteroatoms. The topological polar surface area (TPSA) is 63.6 Å². The van der Waals surface area contributed by atoms with Crippen LogP contribution in [0.5, 0.6) is 0 Å². The molecule has 0 aliphatic carbocycles. The Morgan fingerprint density at radius 3 is 2.40 bits per heavy atom. The zero-order valence-corrected chi connectivity index (χ0v) is 7.92. The average Bonchev–Trinajstić information content (AvgIpc) is 2.48. The molecule has 78 valence electrons. The van der Waals surface area contributed by atoms with Crippen LogP contribution in [0.4, 0.5) is 0 Å². The minimum Gasteiger partial charge on any atom is -0.452 e. The summed E-state index contributed by atoms with van der Waals surface area (Å²) >= 11 is 0. The lowest BCUT2D eigenvalue weighted by atomic mass is 10.0. The molecular weight excluding hydrogens is 196 g/mol. The maximum absolute atomic E-state index is 11.3. The van der Waals surface area contributed by atoms with E-state index in [-0.39, 0.29) is 0 Å². The van der Waals surface area contributed by atoms with Crippen molar-refractivity contribution in [3.63, 3.8) is 0 Å². The molecule has 2 rings (SSSR count). The number of ketones is 1. The molecule has 0 aromatic heterocycles. The Kier molecular flexibility index (Phi) is 2.51. The molecular formula is C11H10O4. The van der Waals surface area contributed by atoms with Crippen LogP contribution in [-0.4, -0.2) is 29.1 Å². The van der Waals surface area contributed by atoms with Gasteiger partial charge in [0.2, 0.25) is 11.9 Å². The summed E-state index contributed by atoms with van der Waals surface area (Å²) in [5, 5.41) is 9.09. The summed E-state index contributed by atoms with van der Waals surface area (Å²) in [5.74, 6) is -1.40. The summed E-state index contributed by atoms with van der Waals surface area (Å²) in [7, 11) is 0. The van der Waals surface area contributed by atoms with Gasteiger partial charge in [-0.2, -0.15) is 0 Å². The molecule has 1 aliphatic rings. The van der Waals surface area contributed by atoms with Crippen LogP contribution in [0.25, 0.3) is 0 Å². The number of hydrogen-bond donors (Lipinski definition) is 1. The van der Waals surface area contributed by atoms with Crippen LogP contribution in [0, 0.1) is 0 Å². The first kappa shape index (κ1) is 9.86. The number of benzene rings is 1. The van der Waals surface area contributed by atoms with Gasteiger partial charge in [-0.1, -0.05) is 30.3 Å². The zero-order valence-electron chi connectivity index (χ0n) is 7.92. The van der Waals surface area contributed by atoms with E-state index >= 15 is 0 Å². The quantitative estimate of drug-likeness (QED) is 0.550. The predicted octanol–water partition coefficient (Wildman–Crippen LogP) is 0.0845. The number of carbonyl (C=O) groups is 2. The highest BCUT2D eigenvalue weighted by molar-refractivity contribution is 6.09. The number of aliphatic hydroxyl groups is 1. The fourth-order valence-electron chi connectivity index (χ4n) is 1.53. The Bertz CT molecular complexity index is 385. The second-order valence-electron chi connectivity index (χ2n) is 3.42. The number of hydrogen-bond acceptors (Lipinski definition) is 4. The number of carbonyl (C=O) groups excluding carboxylic acids is 2. The zero-order chi connectivity index (χ0) is 10.8. The van der Waals surface area contributed by atoms with Crippen LogP contribution in [-0.2, 0) is 20.7 Å². The highest BCUT2D eigenvalue weighted by Gasteiger charge is 2.41. The lowest BCUT2D eigenvalue weighted by Crippen LogP contribution is -2.26. The van der Waals surface area contributed by atoms with Crippen molar-refractivity contribution >= 4 is 11.8 Å². The summed E-state index contributed by atoms with van der Waals surface area (Å²) in [5.41, 5.74) is 0.901. The Morgan fingerprint density at radius 2 is 1.87 bits per heavy atom. The van der Waals surface area contributed by atoms with Crippen LogP contribution >= 0.6 is 0 Å². The van der Waals surface area contributed by atoms with Crippen molar-refractivity contribution in [3.8, 4) is 0 Å². The lowest BCUT2D eigenvalue weighted by Gasteiger charge is -2.06. The molecule has 15 heavy (non-hydrogen) atoms. The number of rotatable bonds is 2. The summed E-state index contributed by atoms with van der Waals surface area (Å²) in [6.07, 6.45) is -2.11. The second-order valence-corrected chi connectivity index (χ2v) is 3.42. The minimum absolute atomic E-state index is 0.322. The molecule has 1 N–H and O–H groups in total. The van der Waals surface area contributed by atoms with E-state index in [1.54, 1.807) is 0 Å². The fourth-order valence-corrected chi connectivity index (χ4v) is 1.53. The van der Waals surface area contributed by atoms with Crippen LogP contribution in [0.15, 0.2) is 30.3 Å². The third-order valence-electron chi connectivity index (χ3n) is 2.33. The van der Waals surface area contributed by atoms with Crippen molar-refractivity contribution in [1.82, 2.24) is 0 Å². The van der Waals surface area contributed by atoms with E-state index in [0.29, 0.717) is 6.42 Å². The average molecular weight is 206 g/mol. The van der Waals surface area contributed by atoms with Gasteiger partial charge >= 0.3 is 5.97 Å². The molecule has 1 aromatic rings. The number of esters is 1. The van der Waals surface area contributed by atoms with Gasteiger partial charge in [0.1, 0.15) is 0 Å². The van der Waals surface area contributed by atoms with Crippen LogP contribution in [0.3, 0.4) is 0 Å². The highest BCUT2D eigenvalue weighted by atomic mass is 16.6. The van der Waals surface area contributed by atoms with E-state index in [0.717, 1.165) is 5.56 Å². The van der Waals surface area contributed by atoms with Gasteiger partial charge in [0.25, 0.3) is 0 Å². The number of ether oxygens (including phenoxy) is 1. The molecule has 0 amide bonds. The van der Waals surface area contributed by atoms with E-state index in [1.165, 1.54) is 0 Å². The van der Waals surface area contributed by atoms with Crippen LogP contribution in [0.1, 0.15) is 5.56 Å². The SMILES string of the molecule is O=C1O[C@H](Cc2ccccc2)C(=O)C1O. The Hall–Kier alpha value is -1.68. The van der Waals surface area contributed by atoms with Crippen LogP contribution in [0.2, 0.25) is 0 Å². The monoisotopic (exact) mass is 206 g/mol. The van der Waals surface area contributed by atoms with Gasteiger partial charge in [-0.25, -0.2) is 4.79 Å². The summed E-state index contributed by atoms with van der Waals surface area (Å²) < 4.78 is 4.75. The first-order chi connectivity index (χ1) is 7.18. The number of cyclic esters (lactones) is 1.